The number of amides is 1. The number of guanidine groups is 1. The summed E-state index contributed by atoms with van der Waals surface area (Å²) in [6.45, 7) is 5.58. The third-order valence-electron chi connectivity index (χ3n) is 6.99. The molecule has 1 aromatic carbocycles. The molecule has 1 aromatic rings. The summed E-state index contributed by atoms with van der Waals surface area (Å²) in [5.41, 5.74) is 10.9. The van der Waals surface area contributed by atoms with E-state index in [4.69, 9.17) is 15.2 Å². The first-order valence-electron chi connectivity index (χ1n) is 13.0. The SMILES string of the molecule is CC(C)OC(=O)CN1Cc2ccc(OCCCC(=O)NN3CCCC4CCCCC43)cc2N=C1N. The summed E-state index contributed by atoms with van der Waals surface area (Å²) in [7, 11) is 0. The van der Waals surface area contributed by atoms with Gasteiger partial charge < -0.3 is 20.1 Å². The zero-order valence-electron chi connectivity index (χ0n) is 21.0. The molecule has 0 bridgehead atoms. The van der Waals surface area contributed by atoms with Gasteiger partial charge in [-0.05, 0) is 63.5 Å². The van der Waals surface area contributed by atoms with Gasteiger partial charge in [0.2, 0.25) is 5.91 Å². The summed E-state index contributed by atoms with van der Waals surface area (Å²) in [6.07, 6.45) is 8.45. The van der Waals surface area contributed by atoms with Crippen molar-refractivity contribution >= 4 is 23.5 Å². The largest absolute Gasteiger partial charge is 0.494 e. The molecule has 4 rings (SSSR count). The second-order valence-electron chi connectivity index (χ2n) is 10.1. The number of carbonyl (C=O) groups is 2. The number of hydrazine groups is 1. The van der Waals surface area contributed by atoms with Crippen molar-refractivity contribution in [2.45, 2.75) is 83.9 Å². The van der Waals surface area contributed by atoms with Crippen LogP contribution in [0.25, 0.3) is 0 Å². The van der Waals surface area contributed by atoms with Crippen molar-refractivity contribution in [1.82, 2.24) is 15.3 Å². The fraction of sp³-hybridized carbons (Fsp3) is 0.654. The van der Waals surface area contributed by atoms with Gasteiger partial charge in [0.15, 0.2) is 5.96 Å². The van der Waals surface area contributed by atoms with Crippen molar-refractivity contribution in [1.29, 1.82) is 0 Å². The molecule has 0 aromatic heterocycles. The topological polar surface area (TPSA) is 109 Å². The molecule has 2 unspecified atom stereocenters. The molecule has 3 aliphatic rings. The molecule has 9 nitrogen and oxygen atoms in total. The van der Waals surface area contributed by atoms with Crippen molar-refractivity contribution in [2.75, 3.05) is 19.7 Å². The van der Waals surface area contributed by atoms with Gasteiger partial charge in [-0.2, -0.15) is 0 Å². The van der Waals surface area contributed by atoms with Gasteiger partial charge in [-0.1, -0.05) is 18.9 Å². The number of nitrogens with one attached hydrogen (secondary N) is 1. The van der Waals surface area contributed by atoms with Crippen LogP contribution < -0.4 is 15.9 Å². The van der Waals surface area contributed by atoms with Gasteiger partial charge in [0.25, 0.3) is 0 Å². The second-order valence-corrected chi connectivity index (χ2v) is 10.1. The van der Waals surface area contributed by atoms with Crippen molar-refractivity contribution in [3.8, 4) is 5.75 Å². The molecule has 1 saturated carbocycles. The lowest BCUT2D eigenvalue weighted by atomic mass is 9.79. The number of aliphatic imine (C=N–C) groups is 1. The van der Waals surface area contributed by atoms with Crippen molar-refractivity contribution in [2.24, 2.45) is 16.6 Å². The Kier molecular flexibility index (Phi) is 8.49. The molecule has 9 heteroatoms. The minimum atomic E-state index is -0.329. The third kappa shape index (κ3) is 6.87. The number of rotatable bonds is 9. The highest BCUT2D eigenvalue weighted by Gasteiger charge is 2.33. The van der Waals surface area contributed by atoms with E-state index < -0.39 is 0 Å². The Morgan fingerprint density at radius 2 is 2.00 bits per heavy atom. The molecule has 192 valence electrons. The molecule has 35 heavy (non-hydrogen) atoms. The van der Waals surface area contributed by atoms with E-state index in [1.54, 1.807) is 4.90 Å². The number of hydrogen-bond donors (Lipinski definition) is 2. The number of nitrogens with zero attached hydrogens (tertiary/aromatic N) is 3. The fourth-order valence-corrected chi connectivity index (χ4v) is 5.35. The number of ether oxygens (including phenoxy) is 2. The molecule has 1 aliphatic carbocycles. The molecule has 2 heterocycles. The summed E-state index contributed by atoms with van der Waals surface area (Å²) in [5, 5.41) is 2.20. The maximum Gasteiger partial charge on any atom is 0.325 e. The van der Waals surface area contributed by atoms with Crippen molar-refractivity contribution in [3.63, 3.8) is 0 Å². The molecular formula is C26H39N5O4. The van der Waals surface area contributed by atoms with Crippen LogP contribution in [0, 0.1) is 5.92 Å². The van der Waals surface area contributed by atoms with Crippen LogP contribution in [-0.2, 0) is 20.9 Å². The summed E-state index contributed by atoms with van der Waals surface area (Å²) in [6, 6.07) is 6.18. The smallest absolute Gasteiger partial charge is 0.325 e. The van der Waals surface area contributed by atoms with Crippen LogP contribution in [0.4, 0.5) is 5.69 Å². The van der Waals surface area contributed by atoms with Gasteiger partial charge >= 0.3 is 5.97 Å². The van der Waals surface area contributed by atoms with E-state index in [2.05, 4.69) is 15.4 Å². The first-order valence-corrected chi connectivity index (χ1v) is 13.0. The van der Waals surface area contributed by atoms with Crippen LogP contribution >= 0.6 is 0 Å². The monoisotopic (exact) mass is 485 g/mol. The third-order valence-corrected chi connectivity index (χ3v) is 6.99. The zero-order valence-corrected chi connectivity index (χ0v) is 21.0. The second kappa shape index (κ2) is 11.7. The number of benzene rings is 1. The Labute approximate surface area is 208 Å². The van der Waals surface area contributed by atoms with Gasteiger partial charge in [0, 0.05) is 31.6 Å². The molecule has 0 spiro atoms. The van der Waals surface area contributed by atoms with Gasteiger partial charge in [-0.3, -0.25) is 15.0 Å². The molecule has 2 atom stereocenters. The van der Waals surface area contributed by atoms with Crippen LogP contribution in [0.3, 0.4) is 0 Å². The van der Waals surface area contributed by atoms with Crippen LogP contribution in [-0.4, -0.2) is 59.6 Å². The summed E-state index contributed by atoms with van der Waals surface area (Å²) in [5.74, 6) is 1.45. The lowest BCUT2D eigenvalue weighted by Crippen LogP contribution is -2.55. The normalized spacial score (nSPS) is 22.1. The number of piperidine rings is 1. The number of carbonyl (C=O) groups excluding carboxylic acids is 2. The number of esters is 1. The molecule has 2 fully saturated rings. The van der Waals surface area contributed by atoms with E-state index in [1.165, 1.54) is 32.1 Å². The zero-order chi connectivity index (χ0) is 24.8. The average molecular weight is 486 g/mol. The molecular weight excluding hydrogens is 446 g/mol. The van der Waals surface area contributed by atoms with Gasteiger partial charge in [0.1, 0.15) is 12.3 Å². The van der Waals surface area contributed by atoms with Crippen LogP contribution in [0.5, 0.6) is 5.75 Å². The Bertz CT molecular complexity index is 932. The quantitative estimate of drug-likeness (QED) is 0.408. The molecule has 2 aliphatic heterocycles. The van der Waals surface area contributed by atoms with Gasteiger partial charge in [0.05, 0.1) is 18.4 Å². The maximum atomic E-state index is 12.5. The summed E-state index contributed by atoms with van der Waals surface area (Å²) < 4.78 is 11.1. The van der Waals surface area contributed by atoms with E-state index >= 15 is 0 Å². The number of nitrogens with two attached hydrogens (primary N) is 1. The number of hydrogen-bond acceptors (Lipinski definition) is 8. The van der Waals surface area contributed by atoms with Gasteiger partial charge in [-0.25, -0.2) is 10.0 Å². The van der Waals surface area contributed by atoms with E-state index in [-0.39, 0.29) is 30.5 Å². The standard InChI is InChI=1S/C26H39N5O4/c1-18(2)35-25(33)17-30-16-20-11-12-21(15-22(20)28-26(30)27)34-14-6-10-24(32)29-31-13-5-8-19-7-3-4-9-23(19)31/h11-12,15,18-19,23H,3-10,13-14,16-17H2,1-2H3,(H2,27,28)(H,29,32). The Hall–Kier alpha value is -2.81. The minimum absolute atomic E-state index is 0.0616. The molecule has 1 amide bonds. The predicted molar refractivity (Wildman–Crippen MR) is 134 cm³/mol. The van der Waals surface area contributed by atoms with E-state index in [0.29, 0.717) is 37.8 Å². The highest BCUT2D eigenvalue weighted by atomic mass is 16.5. The summed E-state index contributed by atoms with van der Waals surface area (Å²) in [4.78, 5) is 30.6. The minimum Gasteiger partial charge on any atom is -0.494 e. The highest BCUT2D eigenvalue weighted by Crippen LogP contribution is 2.34. The fourth-order valence-electron chi connectivity index (χ4n) is 5.35. The average Bonchev–Trinajstić information content (AvgIpc) is 2.82. The lowest BCUT2D eigenvalue weighted by Gasteiger charge is -2.43. The highest BCUT2D eigenvalue weighted by molar-refractivity contribution is 5.87. The Balaban J connectivity index is 1.21. The lowest BCUT2D eigenvalue weighted by molar-refractivity contribution is -0.147. The Morgan fingerprint density at radius 3 is 2.83 bits per heavy atom. The van der Waals surface area contributed by atoms with E-state index in [0.717, 1.165) is 30.1 Å². The molecule has 1 saturated heterocycles. The van der Waals surface area contributed by atoms with Crippen LogP contribution in [0.2, 0.25) is 0 Å². The Morgan fingerprint density at radius 1 is 1.20 bits per heavy atom. The van der Waals surface area contributed by atoms with Gasteiger partial charge in [-0.15, -0.1) is 0 Å². The maximum absolute atomic E-state index is 12.5. The van der Waals surface area contributed by atoms with Crippen molar-refractivity contribution < 1.29 is 19.1 Å². The predicted octanol–water partition coefficient (Wildman–Crippen LogP) is 3.24. The summed E-state index contributed by atoms with van der Waals surface area (Å²) >= 11 is 0. The first kappa shape index (κ1) is 25.3. The molecule has 0 radical (unpaired) electrons. The van der Waals surface area contributed by atoms with Crippen LogP contribution in [0.15, 0.2) is 23.2 Å². The van der Waals surface area contributed by atoms with Crippen molar-refractivity contribution in [3.05, 3.63) is 23.8 Å². The molecule has 3 N–H and O–H groups in total. The first-order chi connectivity index (χ1) is 16.9. The van der Waals surface area contributed by atoms with Crippen LogP contribution in [0.1, 0.15) is 70.8 Å². The van der Waals surface area contributed by atoms with E-state index in [1.807, 2.05) is 32.0 Å². The number of fused-ring (bicyclic) bond motifs is 2. The van der Waals surface area contributed by atoms with E-state index in [9.17, 15) is 9.59 Å².